The highest BCUT2D eigenvalue weighted by Crippen LogP contribution is 2.19. The van der Waals surface area contributed by atoms with Crippen LogP contribution < -0.4 is 0 Å². The predicted molar refractivity (Wildman–Crippen MR) is 69.5 cm³/mol. The normalized spacial score (nSPS) is 9.42. The molecule has 19 heavy (non-hydrogen) atoms. The monoisotopic (exact) mass is 277 g/mol. The van der Waals surface area contributed by atoms with Gasteiger partial charge in [0.25, 0.3) is 0 Å². The zero-order valence-electron chi connectivity index (χ0n) is 10.2. The van der Waals surface area contributed by atoms with Gasteiger partial charge in [-0.3, -0.25) is 4.79 Å². The zero-order chi connectivity index (χ0) is 14.1. The average molecular weight is 277 g/mol. The van der Waals surface area contributed by atoms with E-state index in [1.54, 1.807) is 12.1 Å². The van der Waals surface area contributed by atoms with Gasteiger partial charge < -0.3 is 4.90 Å². The summed E-state index contributed by atoms with van der Waals surface area (Å²) in [7, 11) is 0. The van der Waals surface area contributed by atoms with E-state index < -0.39 is 0 Å². The van der Waals surface area contributed by atoms with Gasteiger partial charge >= 0.3 is 0 Å². The second-order valence-corrected chi connectivity index (χ2v) is 4.79. The molecule has 4 nitrogen and oxygen atoms in total. The van der Waals surface area contributed by atoms with Crippen molar-refractivity contribution in [2.24, 2.45) is 0 Å². The Balaban J connectivity index is 2.39. The Morgan fingerprint density at radius 3 is 2.32 bits per heavy atom. The van der Waals surface area contributed by atoms with Crippen LogP contribution in [0.5, 0.6) is 0 Å². The van der Waals surface area contributed by atoms with Crippen molar-refractivity contribution >= 4 is 17.7 Å². The van der Waals surface area contributed by atoms with Crippen LogP contribution in [0.3, 0.4) is 0 Å². The third-order valence-corrected chi connectivity index (χ3v) is 3.29. The number of carbonyl (C=O) groups excluding carboxylic acids is 1. The number of thioether (sulfide) groups is 1. The quantitative estimate of drug-likeness (QED) is 0.590. The summed E-state index contributed by atoms with van der Waals surface area (Å²) in [6, 6.07) is 9.72. The van der Waals surface area contributed by atoms with Gasteiger partial charge in [0.05, 0.1) is 12.1 Å². The summed E-state index contributed by atoms with van der Waals surface area (Å²) in [5, 5.41) is 17.1. The third-order valence-electron chi connectivity index (χ3n) is 2.27. The van der Waals surface area contributed by atoms with Crippen molar-refractivity contribution in [3.63, 3.8) is 0 Å². The van der Waals surface area contributed by atoms with Gasteiger partial charge in [-0.15, -0.1) is 11.8 Å². The number of hydrogen-bond donors (Lipinski definition) is 0. The van der Waals surface area contributed by atoms with Crippen molar-refractivity contribution in [1.82, 2.24) is 4.90 Å². The molecule has 1 amide bonds. The molecule has 98 valence electrons. The highest BCUT2D eigenvalue weighted by atomic mass is 32.2. The maximum atomic E-state index is 12.7. The number of halogens is 1. The smallest absolute Gasteiger partial charge is 0.225 e. The number of nitrogens with zero attached hydrogens (tertiary/aromatic N) is 3. The molecule has 0 aromatic heterocycles. The lowest BCUT2D eigenvalue weighted by molar-refractivity contribution is -0.129. The Bertz CT molecular complexity index is 488. The van der Waals surface area contributed by atoms with Gasteiger partial charge in [0.15, 0.2) is 0 Å². The molecule has 0 radical (unpaired) electrons. The van der Waals surface area contributed by atoms with Gasteiger partial charge in [0.2, 0.25) is 5.91 Å². The maximum absolute atomic E-state index is 12.7. The van der Waals surface area contributed by atoms with Gasteiger partial charge in [0.1, 0.15) is 18.9 Å². The van der Waals surface area contributed by atoms with Crippen LogP contribution in [0.2, 0.25) is 0 Å². The molecule has 1 rings (SSSR count). The standard InChI is InChI=1S/C13H12FN3OS/c14-11-1-3-12(4-2-11)19-10-5-13(18)17(8-6-15)9-7-16/h1-4H,5,8-10H2. The molecule has 0 bridgehead atoms. The molecule has 0 spiro atoms. The fourth-order valence-corrected chi connectivity index (χ4v) is 2.19. The second kappa shape index (κ2) is 8.12. The molecule has 0 unspecified atom stereocenters. The second-order valence-electron chi connectivity index (χ2n) is 3.62. The fraction of sp³-hybridized carbons (Fsp3) is 0.308. The Hall–Kier alpha value is -2.05. The van der Waals surface area contributed by atoms with E-state index in [9.17, 15) is 9.18 Å². The van der Waals surface area contributed by atoms with Crippen LogP contribution in [0.15, 0.2) is 29.2 Å². The van der Waals surface area contributed by atoms with Crippen LogP contribution in [0.25, 0.3) is 0 Å². The minimum Gasteiger partial charge on any atom is -0.316 e. The zero-order valence-corrected chi connectivity index (χ0v) is 11.0. The van der Waals surface area contributed by atoms with Gasteiger partial charge in [-0.25, -0.2) is 4.39 Å². The maximum Gasteiger partial charge on any atom is 0.225 e. The first-order valence-corrected chi connectivity index (χ1v) is 6.56. The first kappa shape index (κ1) is 15.0. The highest BCUT2D eigenvalue weighted by Gasteiger charge is 2.12. The van der Waals surface area contributed by atoms with E-state index in [0.29, 0.717) is 5.75 Å². The number of nitriles is 2. The Morgan fingerprint density at radius 2 is 1.79 bits per heavy atom. The number of amides is 1. The molecule has 0 heterocycles. The van der Waals surface area contributed by atoms with E-state index in [1.165, 1.54) is 28.8 Å². The lowest BCUT2D eigenvalue weighted by Crippen LogP contribution is -2.31. The summed E-state index contributed by atoms with van der Waals surface area (Å²) < 4.78 is 12.7. The molecule has 0 fully saturated rings. The topological polar surface area (TPSA) is 67.9 Å². The van der Waals surface area contributed by atoms with E-state index in [2.05, 4.69) is 0 Å². The van der Waals surface area contributed by atoms with Crippen molar-refractivity contribution in [3.05, 3.63) is 30.1 Å². The molecule has 0 atom stereocenters. The largest absolute Gasteiger partial charge is 0.316 e. The van der Waals surface area contributed by atoms with Gasteiger partial charge in [-0.05, 0) is 24.3 Å². The number of benzene rings is 1. The number of hydrogen-bond acceptors (Lipinski definition) is 4. The molecule has 1 aromatic rings. The number of rotatable bonds is 6. The fourth-order valence-electron chi connectivity index (χ4n) is 1.35. The predicted octanol–water partition coefficient (Wildman–Crippen LogP) is 2.18. The van der Waals surface area contributed by atoms with E-state index >= 15 is 0 Å². The van der Waals surface area contributed by atoms with E-state index in [1.807, 2.05) is 12.1 Å². The summed E-state index contributed by atoms with van der Waals surface area (Å²) in [6.07, 6.45) is 0.241. The minimum absolute atomic E-state index is 0.0758. The molecule has 0 N–H and O–H groups in total. The summed E-state index contributed by atoms with van der Waals surface area (Å²) >= 11 is 1.43. The van der Waals surface area contributed by atoms with Crippen molar-refractivity contribution < 1.29 is 9.18 Å². The molecular formula is C13H12FN3OS. The summed E-state index contributed by atoms with van der Waals surface area (Å²) in [6.45, 7) is -0.152. The number of carbonyl (C=O) groups is 1. The minimum atomic E-state index is -0.297. The van der Waals surface area contributed by atoms with Crippen LogP contribution in [0.4, 0.5) is 4.39 Å². The lowest BCUT2D eigenvalue weighted by atomic mass is 10.3. The highest BCUT2D eigenvalue weighted by molar-refractivity contribution is 7.99. The Morgan fingerprint density at radius 1 is 1.21 bits per heavy atom. The SMILES string of the molecule is N#CCN(CC#N)C(=O)CCSc1ccc(F)cc1. The molecule has 0 aliphatic rings. The molecule has 0 aliphatic carbocycles. The van der Waals surface area contributed by atoms with E-state index in [4.69, 9.17) is 10.5 Å². The molecule has 1 aromatic carbocycles. The van der Waals surface area contributed by atoms with Crippen LogP contribution in [-0.4, -0.2) is 29.6 Å². The average Bonchev–Trinajstić information content (AvgIpc) is 2.40. The van der Waals surface area contributed by atoms with Gasteiger partial charge in [-0.1, -0.05) is 0 Å². The molecule has 0 aliphatic heterocycles. The lowest BCUT2D eigenvalue weighted by Gasteiger charge is -2.15. The van der Waals surface area contributed by atoms with Gasteiger partial charge in [0, 0.05) is 17.1 Å². The van der Waals surface area contributed by atoms with Crippen LogP contribution in [-0.2, 0) is 4.79 Å². The first-order valence-electron chi connectivity index (χ1n) is 5.57. The van der Waals surface area contributed by atoms with Crippen LogP contribution in [0.1, 0.15) is 6.42 Å². The summed E-state index contributed by atoms with van der Waals surface area (Å²) in [5.74, 6) is 0.00465. The van der Waals surface area contributed by atoms with Gasteiger partial charge in [-0.2, -0.15) is 10.5 Å². The van der Waals surface area contributed by atoms with E-state index in [-0.39, 0.29) is 31.2 Å². The van der Waals surface area contributed by atoms with Crippen molar-refractivity contribution in [3.8, 4) is 12.1 Å². The summed E-state index contributed by atoms with van der Waals surface area (Å²) in [5.41, 5.74) is 0. The summed E-state index contributed by atoms with van der Waals surface area (Å²) in [4.78, 5) is 13.8. The first-order chi connectivity index (χ1) is 9.17. The van der Waals surface area contributed by atoms with Crippen molar-refractivity contribution in [2.45, 2.75) is 11.3 Å². The molecule has 0 saturated carbocycles. The van der Waals surface area contributed by atoms with E-state index in [0.717, 1.165) is 4.90 Å². The van der Waals surface area contributed by atoms with Crippen LogP contribution in [0, 0.1) is 28.5 Å². The molecular weight excluding hydrogens is 265 g/mol. The molecule has 6 heteroatoms. The third kappa shape index (κ3) is 5.41. The Kier molecular flexibility index (Phi) is 6.42. The van der Waals surface area contributed by atoms with Crippen molar-refractivity contribution in [1.29, 1.82) is 10.5 Å². The van der Waals surface area contributed by atoms with Crippen molar-refractivity contribution in [2.75, 3.05) is 18.8 Å². The molecule has 0 saturated heterocycles. The van der Waals surface area contributed by atoms with Crippen LogP contribution >= 0.6 is 11.8 Å². The Labute approximate surface area is 115 Å².